The summed E-state index contributed by atoms with van der Waals surface area (Å²) in [6.07, 6.45) is 0.325. The van der Waals surface area contributed by atoms with Crippen molar-refractivity contribution in [1.29, 1.82) is 0 Å². The second-order valence-electron chi connectivity index (χ2n) is 8.53. The number of fused-ring (bicyclic) bond motifs is 2. The van der Waals surface area contributed by atoms with Crippen molar-refractivity contribution >= 4 is 49.1 Å². The van der Waals surface area contributed by atoms with E-state index in [2.05, 4.69) is 5.32 Å². The Kier molecular flexibility index (Phi) is 5.50. The van der Waals surface area contributed by atoms with E-state index in [0.717, 1.165) is 9.40 Å². The molecule has 0 saturated heterocycles. The molecule has 1 amide bonds. The van der Waals surface area contributed by atoms with Crippen LogP contribution >= 0.6 is 11.3 Å². The average molecular weight is 412 g/mol. The average Bonchev–Trinajstić information content (AvgIpc) is 2.67. The van der Waals surface area contributed by atoms with Crippen LogP contribution in [-0.2, 0) is 14.3 Å². The number of hydrogen-bond acceptors (Lipinski definition) is 5. The van der Waals surface area contributed by atoms with Crippen LogP contribution in [0.5, 0.6) is 0 Å². The number of carbonyl (C=O) groups is 2. The molecule has 0 fully saturated rings. The van der Waals surface area contributed by atoms with Gasteiger partial charge in [-0.25, -0.2) is 0 Å². The smallest absolute Gasteiger partial charge is 0.311 e. The lowest BCUT2D eigenvalue weighted by molar-refractivity contribution is -0.153. The van der Waals surface area contributed by atoms with Crippen molar-refractivity contribution in [3.05, 3.63) is 52.7 Å². The molecular weight excluding hydrogens is 386 g/mol. The second kappa shape index (κ2) is 7.59. The quantitative estimate of drug-likeness (QED) is 0.475. The van der Waals surface area contributed by atoms with E-state index in [-0.39, 0.29) is 17.3 Å². The molecule has 1 aromatic heterocycles. The molecule has 0 unspecified atom stereocenters. The first kappa shape index (κ1) is 21.0. The zero-order chi connectivity index (χ0) is 21.4. The zero-order valence-electron chi connectivity index (χ0n) is 17.3. The summed E-state index contributed by atoms with van der Waals surface area (Å²) in [5.41, 5.74) is -1.08. The molecule has 0 atom stereocenters. The molecule has 1 heterocycles. The molecule has 0 aliphatic rings. The van der Waals surface area contributed by atoms with E-state index in [1.165, 1.54) is 7.11 Å². The van der Waals surface area contributed by atoms with E-state index in [4.69, 9.17) is 4.74 Å². The van der Waals surface area contributed by atoms with Gasteiger partial charge in [0.15, 0.2) is 5.43 Å². The molecule has 3 aromatic rings. The minimum absolute atomic E-state index is 0.0449. The van der Waals surface area contributed by atoms with Gasteiger partial charge >= 0.3 is 5.97 Å². The van der Waals surface area contributed by atoms with E-state index in [1.54, 1.807) is 51.2 Å². The van der Waals surface area contributed by atoms with Gasteiger partial charge in [-0.2, -0.15) is 0 Å². The van der Waals surface area contributed by atoms with E-state index < -0.39 is 10.8 Å². The van der Waals surface area contributed by atoms with Gasteiger partial charge in [0.2, 0.25) is 5.91 Å². The maximum atomic E-state index is 12.9. The monoisotopic (exact) mass is 411 g/mol. The molecular formula is C23H25NO4S. The van der Waals surface area contributed by atoms with Gasteiger partial charge in [-0.15, -0.1) is 11.3 Å². The first-order valence-corrected chi connectivity index (χ1v) is 10.2. The number of esters is 1. The minimum atomic E-state index is -0.807. The van der Waals surface area contributed by atoms with Crippen LogP contribution in [0.3, 0.4) is 0 Å². The number of carbonyl (C=O) groups excluding carboxylic acids is 2. The molecule has 0 radical (unpaired) electrons. The molecule has 0 spiro atoms. The van der Waals surface area contributed by atoms with Crippen LogP contribution in [0.4, 0.5) is 5.69 Å². The Morgan fingerprint density at radius 2 is 1.62 bits per heavy atom. The summed E-state index contributed by atoms with van der Waals surface area (Å²) in [7, 11) is 1.34. The Balaban J connectivity index is 1.90. The van der Waals surface area contributed by atoms with Crippen LogP contribution in [0.1, 0.15) is 34.1 Å². The Hall–Kier alpha value is -2.73. The SMILES string of the molecule is COC(=O)C(C)(C)CC(C)(C)C(=O)Nc1ccc2sc3ccccc3c(=O)c2c1. The largest absolute Gasteiger partial charge is 0.469 e. The summed E-state index contributed by atoms with van der Waals surface area (Å²) in [6, 6.07) is 12.9. The summed E-state index contributed by atoms with van der Waals surface area (Å²) >= 11 is 1.55. The first-order valence-electron chi connectivity index (χ1n) is 9.41. The Labute approximate surface area is 173 Å². The first-order chi connectivity index (χ1) is 13.5. The molecule has 6 heteroatoms. The van der Waals surface area contributed by atoms with Crippen LogP contribution in [0.25, 0.3) is 20.2 Å². The van der Waals surface area contributed by atoms with Crippen molar-refractivity contribution in [1.82, 2.24) is 0 Å². The number of methoxy groups -OCH3 is 1. The van der Waals surface area contributed by atoms with Crippen molar-refractivity contribution in [2.75, 3.05) is 12.4 Å². The molecule has 0 aliphatic carbocycles. The van der Waals surface area contributed by atoms with Gasteiger partial charge in [0, 0.05) is 31.3 Å². The summed E-state index contributed by atoms with van der Waals surface area (Å²) in [5.74, 6) is -0.570. The summed E-state index contributed by atoms with van der Waals surface area (Å²) in [6.45, 7) is 7.12. The number of anilines is 1. The Bertz CT molecular complexity index is 1160. The van der Waals surface area contributed by atoms with Crippen molar-refractivity contribution in [2.45, 2.75) is 34.1 Å². The number of hydrogen-bond donors (Lipinski definition) is 1. The highest BCUT2D eigenvalue weighted by Crippen LogP contribution is 2.36. The van der Waals surface area contributed by atoms with E-state index in [9.17, 15) is 14.4 Å². The molecule has 1 N–H and O–H groups in total. The summed E-state index contributed by atoms with van der Waals surface area (Å²) < 4.78 is 6.66. The number of amides is 1. The van der Waals surface area contributed by atoms with Gasteiger partial charge < -0.3 is 10.1 Å². The third-order valence-corrected chi connectivity index (χ3v) is 6.22. The summed E-state index contributed by atoms with van der Waals surface area (Å²) in [4.78, 5) is 37.8. The second-order valence-corrected chi connectivity index (χ2v) is 9.61. The van der Waals surface area contributed by atoms with Crippen LogP contribution in [0, 0.1) is 10.8 Å². The van der Waals surface area contributed by atoms with E-state index in [1.807, 2.05) is 30.3 Å². The normalized spacial score (nSPS) is 12.2. The zero-order valence-corrected chi connectivity index (χ0v) is 18.1. The molecule has 29 heavy (non-hydrogen) atoms. The van der Waals surface area contributed by atoms with Gasteiger partial charge in [0.05, 0.1) is 12.5 Å². The van der Waals surface area contributed by atoms with Crippen LogP contribution in [0.2, 0.25) is 0 Å². The van der Waals surface area contributed by atoms with Gasteiger partial charge in [-0.05, 0) is 50.6 Å². The minimum Gasteiger partial charge on any atom is -0.469 e. The number of benzene rings is 2. The lowest BCUT2D eigenvalue weighted by atomic mass is 9.74. The molecule has 0 bridgehead atoms. The highest BCUT2D eigenvalue weighted by molar-refractivity contribution is 7.24. The fraction of sp³-hybridized carbons (Fsp3) is 0.348. The lowest BCUT2D eigenvalue weighted by Gasteiger charge is -2.31. The van der Waals surface area contributed by atoms with Crippen LogP contribution in [-0.4, -0.2) is 19.0 Å². The Morgan fingerprint density at radius 1 is 0.966 bits per heavy atom. The number of nitrogens with one attached hydrogen (secondary N) is 1. The molecule has 3 rings (SSSR count). The van der Waals surface area contributed by atoms with Gasteiger partial charge in [0.25, 0.3) is 0 Å². The van der Waals surface area contributed by atoms with Crippen LogP contribution in [0.15, 0.2) is 47.3 Å². The predicted molar refractivity (Wildman–Crippen MR) is 118 cm³/mol. The van der Waals surface area contributed by atoms with Crippen LogP contribution < -0.4 is 10.7 Å². The maximum Gasteiger partial charge on any atom is 0.311 e. The molecule has 0 saturated carbocycles. The third-order valence-electron chi connectivity index (χ3n) is 5.07. The predicted octanol–water partition coefficient (Wildman–Crippen LogP) is 4.97. The fourth-order valence-electron chi connectivity index (χ4n) is 3.71. The topological polar surface area (TPSA) is 72.5 Å². The van der Waals surface area contributed by atoms with E-state index >= 15 is 0 Å². The highest BCUT2D eigenvalue weighted by atomic mass is 32.1. The van der Waals surface area contributed by atoms with Gasteiger partial charge in [-0.1, -0.05) is 26.0 Å². The van der Waals surface area contributed by atoms with Gasteiger partial charge in [0.1, 0.15) is 0 Å². The number of ether oxygens (including phenoxy) is 1. The van der Waals surface area contributed by atoms with Crippen molar-refractivity contribution in [3.8, 4) is 0 Å². The van der Waals surface area contributed by atoms with Crippen molar-refractivity contribution < 1.29 is 14.3 Å². The van der Waals surface area contributed by atoms with Crippen molar-refractivity contribution in [2.24, 2.45) is 10.8 Å². The molecule has 0 aliphatic heterocycles. The fourth-order valence-corrected chi connectivity index (χ4v) is 4.77. The van der Waals surface area contributed by atoms with E-state index in [0.29, 0.717) is 22.9 Å². The summed E-state index contributed by atoms with van der Waals surface area (Å²) in [5, 5.41) is 4.16. The van der Waals surface area contributed by atoms with Gasteiger partial charge in [-0.3, -0.25) is 14.4 Å². The highest BCUT2D eigenvalue weighted by Gasteiger charge is 2.39. The van der Waals surface area contributed by atoms with Crippen molar-refractivity contribution in [3.63, 3.8) is 0 Å². The number of rotatable bonds is 5. The maximum absolute atomic E-state index is 12.9. The third kappa shape index (κ3) is 4.17. The molecule has 5 nitrogen and oxygen atoms in total. The standard InChI is InChI=1S/C23H25NO4S/c1-22(2,13-23(3,4)21(27)28-5)20(26)24-14-10-11-18-16(12-14)19(25)15-8-6-7-9-17(15)29-18/h6-12H,13H2,1-5H3,(H,24,26). The molecule has 2 aromatic carbocycles. The molecule has 152 valence electrons. The lowest BCUT2D eigenvalue weighted by Crippen LogP contribution is -2.38. The Morgan fingerprint density at radius 3 is 2.31 bits per heavy atom.